The Kier molecular flexibility index (Phi) is 4.88. The lowest BCUT2D eigenvalue weighted by molar-refractivity contribution is 0.101. The van der Waals surface area contributed by atoms with Crippen LogP contribution in [0.25, 0.3) is 6.08 Å². The lowest BCUT2D eigenvalue weighted by Gasteiger charge is -2.09. The molecule has 1 aliphatic heterocycles. The summed E-state index contributed by atoms with van der Waals surface area (Å²) < 4.78 is 25.5. The van der Waals surface area contributed by atoms with Crippen LogP contribution in [0, 0.1) is 12.7 Å². The van der Waals surface area contributed by atoms with E-state index >= 15 is 0 Å². The SMILES string of the molecule is Cc1ccccc1COc1ccc2c(c1)O/C(=C\c1c(F)cccc1Cl)C2=O. The molecule has 3 nitrogen and oxygen atoms in total. The molecule has 28 heavy (non-hydrogen) atoms. The monoisotopic (exact) mass is 394 g/mol. The summed E-state index contributed by atoms with van der Waals surface area (Å²) >= 11 is 6.03. The zero-order valence-electron chi connectivity index (χ0n) is 15.0. The zero-order chi connectivity index (χ0) is 19.7. The van der Waals surface area contributed by atoms with Crippen LogP contribution in [0.15, 0.2) is 66.4 Å². The van der Waals surface area contributed by atoms with Gasteiger partial charge in [-0.2, -0.15) is 0 Å². The first kappa shape index (κ1) is 18.3. The third-order valence-electron chi connectivity index (χ3n) is 4.57. The summed E-state index contributed by atoms with van der Waals surface area (Å²) in [6.45, 7) is 2.43. The van der Waals surface area contributed by atoms with E-state index in [1.54, 1.807) is 24.3 Å². The second-order valence-corrected chi connectivity index (χ2v) is 6.86. The van der Waals surface area contributed by atoms with E-state index in [4.69, 9.17) is 21.1 Å². The van der Waals surface area contributed by atoms with Crippen LogP contribution in [-0.2, 0) is 6.61 Å². The molecular weight excluding hydrogens is 379 g/mol. The van der Waals surface area contributed by atoms with E-state index in [1.165, 1.54) is 18.2 Å². The van der Waals surface area contributed by atoms with Gasteiger partial charge in [0.05, 0.1) is 10.6 Å². The Morgan fingerprint density at radius 1 is 1.11 bits per heavy atom. The number of carbonyl (C=O) groups is 1. The summed E-state index contributed by atoms with van der Waals surface area (Å²) in [4.78, 5) is 12.6. The molecule has 0 unspecified atom stereocenters. The number of ketones is 1. The van der Waals surface area contributed by atoms with Crippen LogP contribution in [0.5, 0.6) is 11.5 Å². The minimum absolute atomic E-state index is 0.0260. The summed E-state index contributed by atoms with van der Waals surface area (Å²) in [5.74, 6) is 0.151. The average Bonchev–Trinajstić information content (AvgIpc) is 2.99. The molecule has 0 radical (unpaired) electrons. The lowest BCUT2D eigenvalue weighted by atomic mass is 10.1. The van der Waals surface area contributed by atoms with E-state index in [-0.39, 0.29) is 22.1 Å². The van der Waals surface area contributed by atoms with Gasteiger partial charge in [-0.3, -0.25) is 4.79 Å². The van der Waals surface area contributed by atoms with E-state index in [0.717, 1.165) is 11.1 Å². The molecule has 0 aliphatic carbocycles. The number of ether oxygens (including phenoxy) is 2. The standard InChI is InChI=1S/C23H16ClFO3/c1-14-5-2-3-6-15(14)13-27-16-9-10-17-21(11-16)28-22(23(17)26)12-18-19(24)7-4-8-20(18)25/h2-12H,13H2,1H3/b22-12-. The van der Waals surface area contributed by atoms with Crippen molar-refractivity contribution in [2.75, 3.05) is 0 Å². The molecule has 0 amide bonds. The summed E-state index contributed by atoms with van der Waals surface area (Å²) in [7, 11) is 0. The molecule has 1 aliphatic rings. The van der Waals surface area contributed by atoms with Gasteiger partial charge < -0.3 is 9.47 Å². The highest BCUT2D eigenvalue weighted by Crippen LogP contribution is 2.36. The maximum Gasteiger partial charge on any atom is 0.231 e. The highest BCUT2D eigenvalue weighted by molar-refractivity contribution is 6.32. The first-order valence-corrected chi connectivity index (χ1v) is 9.10. The van der Waals surface area contributed by atoms with E-state index in [0.29, 0.717) is 23.7 Å². The van der Waals surface area contributed by atoms with Crippen molar-refractivity contribution in [1.29, 1.82) is 0 Å². The second kappa shape index (κ2) is 7.49. The van der Waals surface area contributed by atoms with Gasteiger partial charge >= 0.3 is 0 Å². The van der Waals surface area contributed by atoms with Gasteiger partial charge in [0.1, 0.15) is 23.9 Å². The van der Waals surface area contributed by atoms with Gasteiger partial charge in [-0.1, -0.05) is 41.9 Å². The van der Waals surface area contributed by atoms with E-state index in [2.05, 4.69) is 0 Å². The molecule has 0 bridgehead atoms. The third kappa shape index (κ3) is 3.51. The smallest absolute Gasteiger partial charge is 0.231 e. The van der Waals surface area contributed by atoms with Gasteiger partial charge in [-0.05, 0) is 48.4 Å². The van der Waals surface area contributed by atoms with Crippen molar-refractivity contribution >= 4 is 23.5 Å². The molecule has 1 heterocycles. The fourth-order valence-electron chi connectivity index (χ4n) is 2.97. The molecule has 0 spiro atoms. The number of Topliss-reactive ketones (excluding diaryl/α,β-unsaturated/α-hetero) is 1. The van der Waals surface area contributed by atoms with Gasteiger partial charge in [0.2, 0.25) is 5.78 Å². The summed E-state index contributed by atoms with van der Waals surface area (Å²) in [6, 6.07) is 17.3. The first-order chi connectivity index (χ1) is 13.5. The number of halogens is 2. The Bertz CT molecular complexity index is 1080. The fraction of sp³-hybridized carbons (Fsp3) is 0.0870. The number of fused-ring (bicyclic) bond motifs is 1. The topological polar surface area (TPSA) is 35.5 Å². The maximum atomic E-state index is 14.0. The molecule has 0 fully saturated rings. The van der Waals surface area contributed by atoms with Crippen LogP contribution in [0.3, 0.4) is 0 Å². The van der Waals surface area contributed by atoms with Crippen LogP contribution in [0.2, 0.25) is 5.02 Å². The molecule has 0 N–H and O–H groups in total. The Hall–Kier alpha value is -3.11. The van der Waals surface area contributed by atoms with Crippen molar-refractivity contribution in [3.8, 4) is 11.5 Å². The summed E-state index contributed by atoms with van der Waals surface area (Å²) in [6.07, 6.45) is 1.33. The Morgan fingerprint density at radius 3 is 2.71 bits per heavy atom. The van der Waals surface area contributed by atoms with Crippen LogP contribution in [-0.4, -0.2) is 5.78 Å². The van der Waals surface area contributed by atoms with E-state index < -0.39 is 5.82 Å². The number of hydrogen-bond donors (Lipinski definition) is 0. The van der Waals surface area contributed by atoms with Gasteiger partial charge in [-0.15, -0.1) is 0 Å². The number of rotatable bonds is 4. The van der Waals surface area contributed by atoms with Crippen LogP contribution in [0.4, 0.5) is 4.39 Å². The van der Waals surface area contributed by atoms with Gasteiger partial charge in [-0.25, -0.2) is 4.39 Å². The molecule has 4 rings (SSSR count). The molecule has 5 heteroatoms. The van der Waals surface area contributed by atoms with Crippen molar-refractivity contribution in [3.63, 3.8) is 0 Å². The highest BCUT2D eigenvalue weighted by atomic mass is 35.5. The summed E-state index contributed by atoms with van der Waals surface area (Å²) in [5, 5.41) is 0.210. The Labute approximate surface area is 167 Å². The number of carbonyl (C=O) groups excluding carboxylic acids is 1. The summed E-state index contributed by atoms with van der Waals surface area (Å²) in [5.41, 5.74) is 2.75. The van der Waals surface area contributed by atoms with E-state index in [9.17, 15) is 9.18 Å². The molecular formula is C23H16ClFO3. The molecule has 140 valence electrons. The van der Waals surface area contributed by atoms with Crippen LogP contribution >= 0.6 is 11.6 Å². The molecule has 0 atom stereocenters. The number of hydrogen-bond acceptors (Lipinski definition) is 3. The van der Waals surface area contributed by atoms with Crippen molar-refractivity contribution in [2.24, 2.45) is 0 Å². The predicted octanol–water partition coefficient (Wildman–Crippen LogP) is 5.98. The molecule has 0 aromatic heterocycles. The largest absolute Gasteiger partial charge is 0.489 e. The number of allylic oxidation sites excluding steroid dienone is 1. The second-order valence-electron chi connectivity index (χ2n) is 6.45. The molecule has 0 saturated heterocycles. The van der Waals surface area contributed by atoms with Crippen molar-refractivity contribution in [3.05, 3.63) is 99.5 Å². The number of benzene rings is 3. The van der Waals surface area contributed by atoms with E-state index in [1.807, 2.05) is 31.2 Å². The highest BCUT2D eigenvalue weighted by Gasteiger charge is 2.28. The van der Waals surface area contributed by atoms with Gasteiger partial charge in [0.25, 0.3) is 0 Å². The fourth-order valence-corrected chi connectivity index (χ4v) is 3.19. The van der Waals surface area contributed by atoms with Gasteiger partial charge in [0, 0.05) is 11.6 Å². The molecule has 3 aromatic rings. The van der Waals surface area contributed by atoms with Crippen molar-refractivity contribution < 1.29 is 18.7 Å². The lowest BCUT2D eigenvalue weighted by Crippen LogP contribution is -1.99. The third-order valence-corrected chi connectivity index (χ3v) is 4.90. The molecule has 3 aromatic carbocycles. The van der Waals surface area contributed by atoms with Gasteiger partial charge in [0.15, 0.2) is 5.76 Å². The average molecular weight is 395 g/mol. The van der Waals surface area contributed by atoms with Crippen LogP contribution in [0.1, 0.15) is 27.0 Å². The van der Waals surface area contributed by atoms with Crippen molar-refractivity contribution in [2.45, 2.75) is 13.5 Å². The predicted molar refractivity (Wildman–Crippen MR) is 106 cm³/mol. The minimum Gasteiger partial charge on any atom is -0.489 e. The molecule has 0 saturated carbocycles. The first-order valence-electron chi connectivity index (χ1n) is 8.72. The maximum absolute atomic E-state index is 14.0. The quantitative estimate of drug-likeness (QED) is 0.510. The zero-order valence-corrected chi connectivity index (χ0v) is 15.8. The normalized spacial score (nSPS) is 14.1. The van der Waals surface area contributed by atoms with Crippen LogP contribution < -0.4 is 9.47 Å². The Morgan fingerprint density at radius 2 is 1.93 bits per heavy atom. The minimum atomic E-state index is -0.519. The Balaban J connectivity index is 1.56. The number of aryl methyl sites for hydroxylation is 1. The van der Waals surface area contributed by atoms with Crippen molar-refractivity contribution in [1.82, 2.24) is 0 Å².